The number of halogens is 2. The summed E-state index contributed by atoms with van der Waals surface area (Å²) < 4.78 is 2.17. The van der Waals surface area contributed by atoms with Crippen LogP contribution in [-0.2, 0) is 6.54 Å². The second-order valence-electron chi connectivity index (χ2n) is 4.44. The molecule has 0 bridgehead atoms. The first-order chi connectivity index (χ1) is 8.56. The third kappa shape index (κ3) is 3.36. The number of hydrogen-bond donors (Lipinski definition) is 1. The average Bonchev–Trinajstić information content (AvgIpc) is 2.30. The minimum absolute atomic E-state index is 0.820. The Kier molecular flexibility index (Phi) is 4.46. The van der Waals surface area contributed by atoms with E-state index in [-0.39, 0.29) is 0 Å². The Morgan fingerprint density at radius 1 is 0.889 bits per heavy atom. The van der Waals surface area contributed by atoms with Crippen LogP contribution in [0.5, 0.6) is 0 Å². The Hall–Kier alpha value is -0.800. The topological polar surface area (TPSA) is 12.0 Å². The SMILES string of the molecule is Cc1ccc(CNc2c(Br)cc(C)cc2Br)cc1. The van der Waals surface area contributed by atoms with Gasteiger partial charge in [-0.2, -0.15) is 0 Å². The van der Waals surface area contributed by atoms with Crippen LogP contribution in [0.25, 0.3) is 0 Å². The number of aryl methyl sites for hydroxylation is 2. The van der Waals surface area contributed by atoms with Crippen molar-refractivity contribution in [3.63, 3.8) is 0 Å². The summed E-state index contributed by atoms with van der Waals surface area (Å²) in [5.41, 5.74) is 4.90. The summed E-state index contributed by atoms with van der Waals surface area (Å²) in [4.78, 5) is 0. The highest BCUT2D eigenvalue weighted by atomic mass is 79.9. The summed E-state index contributed by atoms with van der Waals surface area (Å²) in [5, 5.41) is 3.45. The van der Waals surface area contributed by atoms with Gasteiger partial charge in [-0.15, -0.1) is 0 Å². The zero-order chi connectivity index (χ0) is 13.1. The van der Waals surface area contributed by atoms with Crippen LogP contribution in [0, 0.1) is 13.8 Å². The second-order valence-corrected chi connectivity index (χ2v) is 6.15. The van der Waals surface area contributed by atoms with Crippen molar-refractivity contribution in [2.45, 2.75) is 20.4 Å². The zero-order valence-corrected chi connectivity index (χ0v) is 13.6. The molecule has 0 radical (unpaired) electrons. The smallest absolute Gasteiger partial charge is 0.0631 e. The normalized spacial score (nSPS) is 10.4. The molecule has 94 valence electrons. The van der Waals surface area contributed by atoms with Crippen molar-refractivity contribution in [3.05, 3.63) is 62.0 Å². The van der Waals surface area contributed by atoms with E-state index in [4.69, 9.17) is 0 Å². The van der Waals surface area contributed by atoms with Crippen molar-refractivity contribution in [1.29, 1.82) is 0 Å². The molecule has 0 saturated heterocycles. The molecule has 0 unspecified atom stereocenters. The molecule has 0 amide bonds. The summed E-state index contributed by atoms with van der Waals surface area (Å²) in [6.45, 7) is 5.00. The van der Waals surface area contributed by atoms with Gasteiger partial charge in [-0.1, -0.05) is 29.8 Å². The molecular formula is C15H15Br2N. The van der Waals surface area contributed by atoms with E-state index in [1.807, 2.05) is 0 Å². The minimum atomic E-state index is 0.820. The molecule has 0 atom stereocenters. The van der Waals surface area contributed by atoms with Crippen LogP contribution >= 0.6 is 31.9 Å². The van der Waals surface area contributed by atoms with E-state index < -0.39 is 0 Å². The summed E-state index contributed by atoms with van der Waals surface area (Å²) in [5.74, 6) is 0. The molecule has 3 heteroatoms. The lowest BCUT2D eigenvalue weighted by Crippen LogP contribution is -2.01. The molecule has 0 aliphatic carbocycles. The van der Waals surface area contributed by atoms with E-state index in [1.165, 1.54) is 16.7 Å². The lowest BCUT2D eigenvalue weighted by molar-refractivity contribution is 1.14. The quantitative estimate of drug-likeness (QED) is 0.760. The van der Waals surface area contributed by atoms with Gasteiger partial charge in [-0.05, 0) is 69.0 Å². The van der Waals surface area contributed by atoms with Gasteiger partial charge in [0.25, 0.3) is 0 Å². The fourth-order valence-electron chi connectivity index (χ4n) is 1.77. The fraction of sp³-hybridized carbons (Fsp3) is 0.200. The first kappa shape index (κ1) is 13.6. The van der Waals surface area contributed by atoms with Gasteiger partial charge in [0.1, 0.15) is 0 Å². The third-order valence-electron chi connectivity index (χ3n) is 2.78. The van der Waals surface area contributed by atoms with E-state index >= 15 is 0 Å². The number of benzene rings is 2. The molecule has 0 aliphatic rings. The maximum Gasteiger partial charge on any atom is 0.0631 e. The van der Waals surface area contributed by atoms with Gasteiger partial charge in [-0.3, -0.25) is 0 Å². The van der Waals surface area contributed by atoms with Crippen molar-refractivity contribution in [2.75, 3.05) is 5.32 Å². The number of nitrogens with one attached hydrogen (secondary N) is 1. The van der Waals surface area contributed by atoms with E-state index in [0.29, 0.717) is 0 Å². The maximum atomic E-state index is 3.59. The fourth-order valence-corrected chi connectivity index (χ4v) is 3.46. The zero-order valence-electron chi connectivity index (χ0n) is 10.4. The molecule has 0 aromatic heterocycles. The molecule has 0 fully saturated rings. The van der Waals surface area contributed by atoms with Crippen molar-refractivity contribution >= 4 is 37.5 Å². The lowest BCUT2D eigenvalue weighted by Gasteiger charge is -2.12. The van der Waals surface area contributed by atoms with E-state index in [9.17, 15) is 0 Å². The van der Waals surface area contributed by atoms with Crippen molar-refractivity contribution in [2.24, 2.45) is 0 Å². The Labute approximate surface area is 125 Å². The predicted molar refractivity (Wildman–Crippen MR) is 85.1 cm³/mol. The van der Waals surface area contributed by atoms with Crippen LogP contribution < -0.4 is 5.32 Å². The molecule has 1 nitrogen and oxygen atoms in total. The van der Waals surface area contributed by atoms with E-state index in [1.54, 1.807) is 0 Å². The predicted octanol–water partition coefficient (Wildman–Crippen LogP) is 5.44. The highest BCUT2D eigenvalue weighted by Gasteiger charge is 2.05. The number of anilines is 1. The Morgan fingerprint density at radius 3 is 2.00 bits per heavy atom. The van der Waals surface area contributed by atoms with Gasteiger partial charge < -0.3 is 5.32 Å². The van der Waals surface area contributed by atoms with Gasteiger partial charge in [0.15, 0.2) is 0 Å². The van der Waals surface area contributed by atoms with Crippen molar-refractivity contribution in [3.8, 4) is 0 Å². The highest BCUT2D eigenvalue weighted by Crippen LogP contribution is 2.32. The molecular weight excluding hydrogens is 354 g/mol. The standard InChI is InChI=1S/C15H15Br2N/c1-10-3-5-12(6-4-10)9-18-15-13(16)7-11(2)8-14(15)17/h3-8,18H,9H2,1-2H3. The molecule has 18 heavy (non-hydrogen) atoms. The summed E-state index contributed by atoms with van der Waals surface area (Å²) >= 11 is 7.18. The van der Waals surface area contributed by atoms with E-state index in [0.717, 1.165) is 21.2 Å². The van der Waals surface area contributed by atoms with Crippen molar-refractivity contribution < 1.29 is 0 Å². The largest absolute Gasteiger partial charge is 0.379 e. The summed E-state index contributed by atoms with van der Waals surface area (Å²) in [6, 6.07) is 12.8. The molecule has 2 aromatic carbocycles. The van der Waals surface area contributed by atoms with Crippen LogP contribution in [0.2, 0.25) is 0 Å². The van der Waals surface area contributed by atoms with Gasteiger partial charge in [0, 0.05) is 15.5 Å². The number of hydrogen-bond acceptors (Lipinski definition) is 1. The monoisotopic (exact) mass is 367 g/mol. The van der Waals surface area contributed by atoms with Gasteiger partial charge >= 0.3 is 0 Å². The average molecular weight is 369 g/mol. The molecule has 2 rings (SSSR count). The van der Waals surface area contributed by atoms with Crippen LogP contribution in [0.1, 0.15) is 16.7 Å². The van der Waals surface area contributed by atoms with E-state index in [2.05, 4.69) is 87.4 Å². The molecule has 1 N–H and O–H groups in total. The van der Waals surface area contributed by atoms with Crippen LogP contribution in [0.4, 0.5) is 5.69 Å². The molecule has 2 aromatic rings. The second kappa shape index (κ2) is 5.89. The van der Waals surface area contributed by atoms with Crippen LogP contribution in [0.15, 0.2) is 45.3 Å². The summed E-state index contributed by atoms with van der Waals surface area (Å²) in [7, 11) is 0. The molecule has 0 aliphatic heterocycles. The first-order valence-corrected chi connectivity index (χ1v) is 7.40. The Bertz CT molecular complexity index is 524. The summed E-state index contributed by atoms with van der Waals surface area (Å²) in [6.07, 6.45) is 0. The highest BCUT2D eigenvalue weighted by molar-refractivity contribution is 9.11. The van der Waals surface area contributed by atoms with Gasteiger partial charge in [0.05, 0.1) is 5.69 Å². The van der Waals surface area contributed by atoms with Crippen LogP contribution in [0.3, 0.4) is 0 Å². The number of rotatable bonds is 3. The third-order valence-corrected chi connectivity index (χ3v) is 4.03. The lowest BCUT2D eigenvalue weighted by atomic mass is 10.1. The molecule has 0 heterocycles. The van der Waals surface area contributed by atoms with Crippen LogP contribution in [-0.4, -0.2) is 0 Å². The molecule has 0 spiro atoms. The maximum absolute atomic E-state index is 3.59. The van der Waals surface area contributed by atoms with Gasteiger partial charge in [0.2, 0.25) is 0 Å². The van der Waals surface area contributed by atoms with Crippen molar-refractivity contribution in [1.82, 2.24) is 0 Å². The molecule has 0 saturated carbocycles. The Morgan fingerprint density at radius 2 is 1.44 bits per heavy atom. The first-order valence-electron chi connectivity index (χ1n) is 5.81. The Balaban J connectivity index is 2.13. The minimum Gasteiger partial charge on any atom is -0.379 e. The van der Waals surface area contributed by atoms with Gasteiger partial charge in [-0.25, -0.2) is 0 Å².